The first-order chi connectivity index (χ1) is 8.68. The van der Waals surface area contributed by atoms with E-state index in [0.29, 0.717) is 6.04 Å². The first-order valence-corrected chi connectivity index (χ1v) is 7.54. The lowest BCUT2D eigenvalue weighted by molar-refractivity contribution is -0.150. The maximum Gasteiger partial charge on any atom is 0.326 e. The molecule has 0 aromatic carbocycles. The lowest BCUT2D eigenvalue weighted by Crippen LogP contribution is -2.56. The molecular formula is C15H29NO2. The molecule has 1 fully saturated rings. The SMILES string of the molecule is CCCC(CCC)(NC1CCCCC1)C(=O)OC. The molecule has 0 aromatic rings. The summed E-state index contributed by atoms with van der Waals surface area (Å²) in [4.78, 5) is 12.2. The van der Waals surface area contributed by atoms with Gasteiger partial charge in [-0.3, -0.25) is 10.1 Å². The predicted molar refractivity (Wildman–Crippen MR) is 74.6 cm³/mol. The van der Waals surface area contributed by atoms with Crippen molar-refractivity contribution in [1.29, 1.82) is 0 Å². The minimum absolute atomic E-state index is 0.0724. The van der Waals surface area contributed by atoms with E-state index in [2.05, 4.69) is 19.2 Å². The number of hydrogen-bond donors (Lipinski definition) is 1. The largest absolute Gasteiger partial charge is 0.468 e. The standard InChI is InChI=1S/C15H29NO2/c1-4-11-15(12-5-2,14(17)18-3)16-13-9-7-6-8-10-13/h13,16H,4-12H2,1-3H3. The fourth-order valence-corrected chi connectivity index (χ4v) is 3.22. The van der Waals surface area contributed by atoms with Gasteiger partial charge in [0.05, 0.1) is 7.11 Å². The lowest BCUT2D eigenvalue weighted by Gasteiger charge is -2.37. The number of methoxy groups -OCH3 is 1. The van der Waals surface area contributed by atoms with E-state index < -0.39 is 5.54 Å². The molecule has 1 N–H and O–H groups in total. The van der Waals surface area contributed by atoms with Crippen LogP contribution in [-0.2, 0) is 9.53 Å². The van der Waals surface area contributed by atoms with Gasteiger partial charge in [-0.05, 0) is 25.7 Å². The second kappa shape index (κ2) is 7.78. The van der Waals surface area contributed by atoms with Crippen LogP contribution in [0.4, 0.5) is 0 Å². The summed E-state index contributed by atoms with van der Waals surface area (Å²) in [6, 6.07) is 0.496. The van der Waals surface area contributed by atoms with Crippen molar-refractivity contribution in [3.05, 3.63) is 0 Å². The van der Waals surface area contributed by atoms with Gasteiger partial charge in [-0.25, -0.2) is 0 Å². The average molecular weight is 255 g/mol. The van der Waals surface area contributed by atoms with Crippen molar-refractivity contribution in [2.75, 3.05) is 7.11 Å². The molecule has 1 aliphatic carbocycles. The van der Waals surface area contributed by atoms with Crippen molar-refractivity contribution in [3.8, 4) is 0 Å². The van der Waals surface area contributed by atoms with Gasteiger partial charge in [-0.1, -0.05) is 46.0 Å². The van der Waals surface area contributed by atoms with E-state index in [1.807, 2.05) is 0 Å². The van der Waals surface area contributed by atoms with Crippen LogP contribution in [0.5, 0.6) is 0 Å². The highest BCUT2D eigenvalue weighted by molar-refractivity contribution is 5.80. The Bertz CT molecular complexity index is 241. The van der Waals surface area contributed by atoms with Crippen LogP contribution in [0.15, 0.2) is 0 Å². The molecule has 0 aromatic heterocycles. The Morgan fingerprint density at radius 2 is 1.72 bits per heavy atom. The zero-order valence-electron chi connectivity index (χ0n) is 12.3. The number of esters is 1. The van der Waals surface area contributed by atoms with Crippen molar-refractivity contribution in [3.63, 3.8) is 0 Å². The number of nitrogens with one attached hydrogen (secondary N) is 1. The van der Waals surface area contributed by atoms with E-state index in [1.165, 1.54) is 39.2 Å². The fourth-order valence-electron chi connectivity index (χ4n) is 3.22. The molecule has 0 amide bonds. The molecule has 3 heteroatoms. The first-order valence-electron chi connectivity index (χ1n) is 7.54. The van der Waals surface area contributed by atoms with Gasteiger partial charge in [0.2, 0.25) is 0 Å². The van der Waals surface area contributed by atoms with E-state index in [0.717, 1.165) is 25.7 Å². The van der Waals surface area contributed by atoms with E-state index in [-0.39, 0.29) is 5.97 Å². The Balaban J connectivity index is 2.75. The Morgan fingerprint density at radius 1 is 1.17 bits per heavy atom. The topological polar surface area (TPSA) is 38.3 Å². The second-order valence-electron chi connectivity index (χ2n) is 5.55. The molecule has 18 heavy (non-hydrogen) atoms. The summed E-state index contributed by atoms with van der Waals surface area (Å²) in [5, 5.41) is 3.65. The van der Waals surface area contributed by atoms with Gasteiger partial charge in [0.1, 0.15) is 5.54 Å². The third kappa shape index (κ3) is 3.98. The van der Waals surface area contributed by atoms with E-state index >= 15 is 0 Å². The number of rotatable bonds is 7. The van der Waals surface area contributed by atoms with E-state index in [4.69, 9.17) is 4.74 Å². The monoisotopic (exact) mass is 255 g/mol. The molecule has 0 radical (unpaired) electrons. The molecule has 1 saturated carbocycles. The normalized spacial score (nSPS) is 17.7. The van der Waals surface area contributed by atoms with Crippen molar-refractivity contribution in [1.82, 2.24) is 5.32 Å². The lowest BCUT2D eigenvalue weighted by atomic mass is 9.85. The number of ether oxygens (including phenoxy) is 1. The number of carbonyl (C=O) groups excluding carboxylic acids is 1. The zero-order valence-corrected chi connectivity index (χ0v) is 12.3. The van der Waals surface area contributed by atoms with Gasteiger partial charge in [-0.2, -0.15) is 0 Å². The molecule has 1 aliphatic rings. The quantitative estimate of drug-likeness (QED) is 0.708. The van der Waals surface area contributed by atoms with Crippen molar-refractivity contribution in [2.45, 2.75) is 83.2 Å². The summed E-state index contributed by atoms with van der Waals surface area (Å²) in [7, 11) is 1.50. The third-order valence-corrected chi connectivity index (χ3v) is 4.02. The molecule has 0 unspecified atom stereocenters. The van der Waals surface area contributed by atoms with Crippen LogP contribution in [0.1, 0.15) is 71.6 Å². The third-order valence-electron chi connectivity index (χ3n) is 4.02. The van der Waals surface area contributed by atoms with Crippen LogP contribution in [0.2, 0.25) is 0 Å². The molecular weight excluding hydrogens is 226 g/mol. The first kappa shape index (κ1) is 15.5. The maximum atomic E-state index is 12.2. The summed E-state index contributed by atoms with van der Waals surface area (Å²) in [6.07, 6.45) is 10.1. The van der Waals surface area contributed by atoms with Gasteiger partial charge in [0, 0.05) is 6.04 Å². The maximum absolute atomic E-state index is 12.2. The smallest absolute Gasteiger partial charge is 0.326 e. The average Bonchev–Trinajstić information content (AvgIpc) is 2.39. The van der Waals surface area contributed by atoms with Gasteiger partial charge >= 0.3 is 5.97 Å². The van der Waals surface area contributed by atoms with Crippen molar-refractivity contribution < 1.29 is 9.53 Å². The Hall–Kier alpha value is -0.570. The Labute approximate surface area is 112 Å². The van der Waals surface area contributed by atoms with Gasteiger partial charge < -0.3 is 4.74 Å². The van der Waals surface area contributed by atoms with Crippen molar-refractivity contribution in [2.24, 2.45) is 0 Å². The van der Waals surface area contributed by atoms with Crippen LogP contribution in [0.3, 0.4) is 0 Å². The summed E-state index contributed by atoms with van der Waals surface area (Å²) in [6.45, 7) is 4.27. The molecule has 0 bridgehead atoms. The molecule has 0 saturated heterocycles. The highest BCUT2D eigenvalue weighted by Gasteiger charge is 2.39. The molecule has 0 aliphatic heterocycles. The van der Waals surface area contributed by atoms with Crippen LogP contribution in [-0.4, -0.2) is 24.7 Å². The van der Waals surface area contributed by atoms with Crippen LogP contribution < -0.4 is 5.32 Å². The number of carbonyl (C=O) groups is 1. The van der Waals surface area contributed by atoms with Gasteiger partial charge in [-0.15, -0.1) is 0 Å². The van der Waals surface area contributed by atoms with E-state index in [9.17, 15) is 4.79 Å². The van der Waals surface area contributed by atoms with Crippen LogP contribution >= 0.6 is 0 Å². The van der Waals surface area contributed by atoms with E-state index in [1.54, 1.807) is 0 Å². The van der Waals surface area contributed by atoms with Gasteiger partial charge in [0.25, 0.3) is 0 Å². The summed E-state index contributed by atoms with van der Waals surface area (Å²) < 4.78 is 5.06. The molecule has 0 spiro atoms. The zero-order chi connectivity index (χ0) is 13.4. The molecule has 0 atom stereocenters. The highest BCUT2D eigenvalue weighted by atomic mass is 16.5. The Morgan fingerprint density at radius 3 is 2.17 bits per heavy atom. The minimum Gasteiger partial charge on any atom is -0.468 e. The van der Waals surface area contributed by atoms with Crippen LogP contribution in [0, 0.1) is 0 Å². The molecule has 3 nitrogen and oxygen atoms in total. The highest BCUT2D eigenvalue weighted by Crippen LogP contribution is 2.26. The Kier molecular flexibility index (Phi) is 6.69. The van der Waals surface area contributed by atoms with Gasteiger partial charge in [0.15, 0.2) is 0 Å². The van der Waals surface area contributed by atoms with Crippen LogP contribution in [0.25, 0.3) is 0 Å². The fraction of sp³-hybridized carbons (Fsp3) is 0.933. The second-order valence-corrected chi connectivity index (χ2v) is 5.55. The summed E-state index contributed by atoms with van der Waals surface area (Å²) >= 11 is 0. The predicted octanol–water partition coefficient (Wildman–Crippen LogP) is 3.42. The molecule has 0 heterocycles. The molecule has 106 valence electrons. The minimum atomic E-state index is -0.444. The summed E-state index contributed by atoms with van der Waals surface area (Å²) in [5.41, 5.74) is -0.444. The molecule has 1 rings (SSSR count). The van der Waals surface area contributed by atoms with Crippen molar-refractivity contribution >= 4 is 5.97 Å². The number of hydrogen-bond acceptors (Lipinski definition) is 3. The summed E-state index contributed by atoms with van der Waals surface area (Å²) in [5.74, 6) is -0.0724.